The summed E-state index contributed by atoms with van der Waals surface area (Å²) in [5.74, 6) is 2.02. The van der Waals surface area contributed by atoms with Gasteiger partial charge in [0.05, 0.1) is 12.1 Å². The lowest BCUT2D eigenvalue weighted by Crippen LogP contribution is -2.19. The Morgan fingerprint density at radius 3 is 2.54 bits per heavy atom. The SMILES string of the molecule is COc1ccc(Nc2cc(C)nc(N(C)Cc3ccccc3)n2)cc1Cl. The first kappa shape index (κ1) is 18.0. The summed E-state index contributed by atoms with van der Waals surface area (Å²) in [7, 11) is 3.58. The Balaban J connectivity index is 1.80. The van der Waals surface area contributed by atoms with Crippen molar-refractivity contribution in [3.8, 4) is 5.75 Å². The van der Waals surface area contributed by atoms with Crippen molar-refractivity contribution in [3.05, 3.63) is 70.9 Å². The molecular weight excluding hydrogens is 348 g/mol. The molecule has 26 heavy (non-hydrogen) atoms. The molecule has 5 nitrogen and oxygen atoms in total. The van der Waals surface area contributed by atoms with E-state index >= 15 is 0 Å². The largest absolute Gasteiger partial charge is 0.495 e. The van der Waals surface area contributed by atoms with Gasteiger partial charge in [0, 0.05) is 31.0 Å². The third-order valence-electron chi connectivity index (χ3n) is 3.87. The number of hydrogen-bond acceptors (Lipinski definition) is 5. The van der Waals surface area contributed by atoms with Gasteiger partial charge in [-0.2, -0.15) is 4.98 Å². The Morgan fingerprint density at radius 1 is 1.08 bits per heavy atom. The lowest BCUT2D eigenvalue weighted by atomic mass is 10.2. The Kier molecular flexibility index (Phi) is 5.58. The predicted octanol–water partition coefficient (Wildman–Crippen LogP) is 4.83. The van der Waals surface area contributed by atoms with Crippen LogP contribution in [0.1, 0.15) is 11.3 Å². The highest BCUT2D eigenvalue weighted by Crippen LogP contribution is 2.29. The van der Waals surface area contributed by atoms with Gasteiger partial charge in [-0.25, -0.2) is 4.98 Å². The van der Waals surface area contributed by atoms with E-state index in [4.69, 9.17) is 16.3 Å². The summed E-state index contributed by atoms with van der Waals surface area (Å²) in [6.45, 7) is 2.69. The summed E-state index contributed by atoms with van der Waals surface area (Å²) < 4.78 is 5.18. The molecule has 0 atom stereocenters. The number of methoxy groups -OCH3 is 1. The van der Waals surface area contributed by atoms with Gasteiger partial charge in [-0.1, -0.05) is 41.9 Å². The van der Waals surface area contributed by atoms with Crippen LogP contribution in [0.4, 0.5) is 17.5 Å². The summed E-state index contributed by atoms with van der Waals surface area (Å²) in [5, 5.41) is 3.82. The molecule has 0 aliphatic heterocycles. The fourth-order valence-corrected chi connectivity index (χ4v) is 2.87. The lowest BCUT2D eigenvalue weighted by molar-refractivity contribution is 0.415. The molecule has 2 aromatic carbocycles. The first-order valence-corrected chi connectivity index (χ1v) is 8.64. The van der Waals surface area contributed by atoms with E-state index in [1.807, 2.05) is 61.3 Å². The van der Waals surface area contributed by atoms with Crippen molar-refractivity contribution in [2.75, 3.05) is 24.4 Å². The van der Waals surface area contributed by atoms with Crippen molar-refractivity contribution in [1.29, 1.82) is 0 Å². The van der Waals surface area contributed by atoms with Gasteiger partial charge < -0.3 is 15.0 Å². The summed E-state index contributed by atoms with van der Waals surface area (Å²) in [6.07, 6.45) is 0. The number of aryl methyl sites for hydroxylation is 1. The van der Waals surface area contributed by atoms with Crippen LogP contribution in [0.25, 0.3) is 0 Å². The number of anilines is 3. The van der Waals surface area contributed by atoms with Gasteiger partial charge in [0.15, 0.2) is 0 Å². The summed E-state index contributed by atoms with van der Waals surface area (Å²) in [5.41, 5.74) is 2.93. The predicted molar refractivity (Wildman–Crippen MR) is 107 cm³/mol. The lowest BCUT2D eigenvalue weighted by Gasteiger charge is -2.19. The standard InChI is InChI=1S/C20H21ClN4O/c1-14-11-19(23-16-9-10-18(26-3)17(21)12-16)24-20(22-14)25(2)13-15-7-5-4-6-8-15/h4-12H,13H2,1-3H3,(H,22,23,24). The first-order valence-electron chi connectivity index (χ1n) is 8.26. The number of benzene rings is 2. The molecule has 0 saturated heterocycles. The molecule has 0 amide bonds. The molecule has 134 valence electrons. The fraction of sp³-hybridized carbons (Fsp3) is 0.200. The van der Waals surface area contributed by atoms with Gasteiger partial charge in [0.25, 0.3) is 0 Å². The molecule has 1 N–H and O–H groups in total. The Labute approximate surface area is 158 Å². The van der Waals surface area contributed by atoms with E-state index in [1.54, 1.807) is 7.11 Å². The second-order valence-corrected chi connectivity index (χ2v) is 6.42. The normalized spacial score (nSPS) is 10.5. The summed E-state index contributed by atoms with van der Waals surface area (Å²) in [6, 6.07) is 17.7. The van der Waals surface area contributed by atoms with Gasteiger partial charge in [-0.05, 0) is 30.7 Å². The second-order valence-electron chi connectivity index (χ2n) is 6.01. The number of nitrogens with zero attached hydrogens (tertiary/aromatic N) is 3. The number of nitrogens with one attached hydrogen (secondary N) is 1. The van der Waals surface area contributed by atoms with Gasteiger partial charge >= 0.3 is 0 Å². The molecule has 0 saturated carbocycles. The van der Waals surface area contributed by atoms with Crippen LogP contribution in [0, 0.1) is 6.92 Å². The number of rotatable bonds is 6. The zero-order valence-corrected chi connectivity index (χ0v) is 15.8. The molecule has 1 heterocycles. The topological polar surface area (TPSA) is 50.3 Å². The molecular formula is C20H21ClN4O. The van der Waals surface area contributed by atoms with Crippen LogP contribution in [0.3, 0.4) is 0 Å². The van der Waals surface area contributed by atoms with Crippen molar-refractivity contribution in [3.63, 3.8) is 0 Å². The van der Waals surface area contributed by atoms with Crippen molar-refractivity contribution in [2.24, 2.45) is 0 Å². The number of hydrogen-bond donors (Lipinski definition) is 1. The van der Waals surface area contributed by atoms with Gasteiger partial charge in [-0.15, -0.1) is 0 Å². The maximum atomic E-state index is 6.19. The molecule has 0 bridgehead atoms. The molecule has 3 rings (SSSR count). The van der Waals surface area contributed by atoms with E-state index in [9.17, 15) is 0 Å². The Hall–Kier alpha value is -2.79. The molecule has 0 fully saturated rings. The van der Waals surface area contributed by atoms with Crippen molar-refractivity contribution >= 4 is 29.1 Å². The van der Waals surface area contributed by atoms with Crippen LogP contribution in [0.2, 0.25) is 5.02 Å². The molecule has 0 aliphatic carbocycles. The molecule has 0 unspecified atom stereocenters. The maximum Gasteiger partial charge on any atom is 0.227 e. The van der Waals surface area contributed by atoms with E-state index in [0.29, 0.717) is 22.5 Å². The maximum absolute atomic E-state index is 6.19. The third kappa shape index (κ3) is 4.43. The van der Waals surface area contributed by atoms with Crippen LogP contribution in [-0.4, -0.2) is 24.1 Å². The Bertz CT molecular complexity index is 886. The molecule has 0 aliphatic rings. The van der Waals surface area contributed by atoms with Crippen molar-refractivity contribution in [2.45, 2.75) is 13.5 Å². The van der Waals surface area contributed by atoms with Crippen LogP contribution < -0.4 is 15.0 Å². The zero-order valence-electron chi connectivity index (χ0n) is 15.0. The molecule has 0 spiro atoms. The van der Waals surface area contributed by atoms with E-state index in [-0.39, 0.29) is 0 Å². The van der Waals surface area contributed by atoms with Crippen molar-refractivity contribution in [1.82, 2.24) is 9.97 Å². The number of halogens is 1. The third-order valence-corrected chi connectivity index (χ3v) is 4.17. The minimum Gasteiger partial charge on any atom is -0.495 e. The molecule has 3 aromatic rings. The highest BCUT2D eigenvalue weighted by molar-refractivity contribution is 6.32. The van der Waals surface area contributed by atoms with Crippen LogP contribution in [0.15, 0.2) is 54.6 Å². The average Bonchev–Trinajstić information content (AvgIpc) is 2.62. The highest BCUT2D eigenvalue weighted by Gasteiger charge is 2.09. The monoisotopic (exact) mass is 368 g/mol. The minimum atomic E-state index is 0.546. The summed E-state index contributed by atoms with van der Waals surface area (Å²) in [4.78, 5) is 11.2. The smallest absolute Gasteiger partial charge is 0.227 e. The highest BCUT2D eigenvalue weighted by atomic mass is 35.5. The van der Waals surface area contributed by atoms with Gasteiger partial charge in [-0.3, -0.25) is 0 Å². The van der Waals surface area contributed by atoms with Gasteiger partial charge in [0.1, 0.15) is 11.6 Å². The van der Waals surface area contributed by atoms with E-state index < -0.39 is 0 Å². The van der Waals surface area contributed by atoms with Crippen LogP contribution in [-0.2, 0) is 6.54 Å². The van der Waals surface area contributed by atoms with Crippen LogP contribution >= 0.6 is 11.6 Å². The number of ether oxygens (including phenoxy) is 1. The fourth-order valence-electron chi connectivity index (χ4n) is 2.61. The van der Waals surface area contributed by atoms with E-state index in [0.717, 1.165) is 17.9 Å². The van der Waals surface area contributed by atoms with Gasteiger partial charge in [0.2, 0.25) is 5.95 Å². The summed E-state index contributed by atoms with van der Waals surface area (Å²) >= 11 is 6.19. The number of aromatic nitrogens is 2. The Morgan fingerprint density at radius 2 is 1.85 bits per heavy atom. The quantitative estimate of drug-likeness (QED) is 0.675. The molecule has 1 aromatic heterocycles. The van der Waals surface area contributed by atoms with Crippen LogP contribution in [0.5, 0.6) is 5.75 Å². The van der Waals surface area contributed by atoms with Crippen molar-refractivity contribution < 1.29 is 4.74 Å². The van der Waals surface area contributed by atoms with E-state index in [2.05, 4.69) is 27.4 Å². The molecule has 0 radical (unpaired) electrons. The zero-order chi connectivity index (χ0) is 18.5. The average molecular weight is 369 g/mol. The van der Waals surface area contributed by atoms with E-state index in [1.165, 1.54) is 5.56 Å². The molecule has 6 heteroatoms. The first-order chi connectivity index (χ1) is 12.5. The second kappa shape index (κ2) is 8.06. The minimum absolute atomic E-state index is 0.546.